The second-order valence-corrected chi connectivity index (χ2v) is 6.74. The third-order valence-corrected chi connectivity index (χ3v) is 4.10. The van der Waals surface area contributed by atoms with Crippen LogP contribution in [0, 0.1) is 19.8 Å². The molecule has 0 radical (unpaired) electrons. The highest BCUT2D eigenvalue weighted by Crippen LogP contribution is 2.05. The predicted octanol–water partition coefficient (Wildman–Crippen LogP) is 1.27. The number of guanidine groups is 1. The Hall–Kier alpha value is -1.60. The van der Waals surface area contributed by atoms with E-state index in [1.807, 2.05) is 14.0 Å². The lowest BCUT2D eigenvalue weighted by atomic mass is 10.2. The molecule has 0 amide bonds. The average Bonchev–Trinajstić information content (AvgIpc) is 2.88. The fourth-order valence-electron chi connectivity index (χ4n) is 2.67. The molecule has 0 aromatic carbocycles. The summed E-state index contributed by atoms with van der Waals surface area (Å²) in [6.07, 6.45) is 1.06. The van der Waals surface area contributed by atoms with E-state index in [1.54, 1.807) is 7.11 Å². The molecule has 7 nitrogen and oxygen atoms in total. The lowest BCUT2D eigenvalue weighted by Gasteiger charge is -2.19. The number of nitrogens with zero attached hydrogens (tertiary/aromatic N) is 4. The molecule has 0 bridgehead atoms. The predicted molar refractivity (Wildman–Crippen MR) is 104 cm³/mol. The van der Waals surface area contributed by atoms with Gasteiger partial charge in [0.2, 0.25) is 0 Å². The summed E-state index contributed by atoms with van der Waals surface area (Å²) in [6, 6.07) is 2.11. The van der Waals surface area contributed by atoms with E-state index in [2.05, 4.69) is 57.3 Å². The number of rotatable bonds is 11. The Kier molecular flexibility index (Phi) is 10.2. The van der Waals surface area contributed by atoms with Crippen LogP contribution in [-0.4, -0.2) is 74.6 Å². The fraction of sp³-hybridized carbons (Fsp3) is 0.778. The van der Waals surface area contributed by atoms with Crippen molar-refractivity contribution in [2.45, 2.75) is 33.7 Å². The third-order valence-electron chi connectivity index (χ3n) is 4.10. The van der Waals surface area contributed by atoms with Gasteiger partial charge < -0.3 is 20.3 Å². The van der Waals surface area contributed by atoms with E-state index in [-0.39, 0.29) is 0 Å². The highest BCUT2D eigenvalue weighted by molar-refractivity contribution is 5.79. The van der Waals surface area contributed by atoms with Crippen molar-refractivity contribution in [2.24, 2.45) is 10.9 Å². The molecule has 25 heavy (non-hydrogen) atoms. The first-order valence-electron chi connectivity index (χ1n) is 9.09. The van der Waals surface area contributed by atoms with E-state index in [9.17, 15) is 0 Å². The molecule has 0 aliphatic rings. The first kappa shape index (κ1) is 21.4. The van der Waals surface area contributed by atoms with Crippen molar-refractivity contribution in [2.75, 3.05) is 54.0 Å². The van der Waals surface area contributed by atoms with Gasteiger partial charge in [0.15, 0.2) is 5.96 Å². The third kappa shape index (κ3) is 8.88. The molecule has 1 rings (SSSR count). The van der Waals surface area contributed by atoms with Crippen molar-refractivity contribution in [3.63, 3.8) is 0 Å². The molecule has 0 aliphatic carbocycles. The van der Waals surface area contributed by atoms with Crippen molar-refractivity contribution < 1.29 is 4.74 Å². The van der Waals surface area contributed by atoms with Gasteiger partial charge in [-0.15, -0.1) is 0 Å². The Morgan fingerprint density at radius 2 is 2.12 bits per heavy atom. The van der Waals surface area contributed by atoms with Crippen LogP contribution < -0.4 is 10.6 Å². The minimum absolute atomic E-state index is 0.466. The molecule has 0 fully saturated rings. The SMILES string of the molecule is CN=C(NCCN(C)CCCOC)NCC(C)Cn1nc(C)cc1C. The van der Waals surface area contributed by atoms with Gasteiger partial charge in [-0.3, -0.25) is 9.67 Å². The summed E-state index contributed by atoms with van der Waals surface area (Å²) in [4.78, 5) is 6.59. The Morgan fingerprint density at radius 1 is 1.36 bits per heavy atom. The van der Waals surface area contributed by atoms with E-state index in [0.717, 1.165) is 57.4 Å². The maximum Gasteiger partial charge on any atom is 0.191 e. The van der Waals surface area contributed by atoms with Crippen molar-refractivity contribution in [3.05, 3.63) is 17.5 Å². The Morgan fingerprint density at radius 3 is 2.72 bits per heavy atom. The molecule has 1 unspecified atom stereocenters. The van der Waals surface area contributed by atoms with Crippen LogP contribution in [0.2, 0.25) is 0 Å². The van der Waals surface area contributed by atoms with Crippen molar-refractivity contribution in [3.8, 4) is 0 Å². The zero-order valence-electron chi connectivity index (χ0n) is 16.8. The summed E-state index contributed by atoms with van der Waals surface area (Å²) in [5.41, 5.74) is 2.29. The number of aliphatic imine (C=N–C) groups is 1. The summed E-state index contributed by atoms with van der Waals surface area (Å²) in [5.74, 6) is 1.32. The molecule has 1 atom stereocenters. The number of hydrogen-bond acceptors (Lipinski definition) is 4. The van der Waals surface area contributed by atoms with Gasteiger partial charge in [-0.05, 0) is 39.3 Å². The summed E-state index contributed by atoms with van der Waals surface area (Å²) >= 11 is 0. The van der Waals surface area contributed by atoms with E-state index in [1.165, 1.54) is 5.69 Å². The number of aromatic nitrogens is 2. The zero-order valence-corrected chi connectivity index (χ0v) is 16.8. The maximum absolute atomic E-state index is 5.08. The van der Waals surface area contributed by atoms with Gasteiger partial charge in [0.1, 0.15) is 0 Å². The zero-order chi connectivity index (χ0) is 18.7. The van der Waals surface area contributed by atoms with Crippen LogP contribution in [-0.2, 0) is 11.3 Å². The number of aryl methyl sites for hydroxylation is 2. The van der Waals surface area contributed by atoms with E-state index in [0.29, 0.717) is 5.92 Å². The maximum atomic E-state index is 5.08. The lowest BCUT2D eigenvalue weighted by molar-refractivity contribution is 0.180. The molecule has 0 saturated carbocycles. The van der Waals surface area contributed by atoms with Gasteiger partial charge >= 0.3 is 0 Å². The van der Waals surface area contributed by atoms with Gasteiger partial charge in [-0.2, -0.15) is 5.10 Å². The molecular formula is C18H36N6O. The number of hydrogen-bond donors (Lipinski definition) is 2. The first-order valence-corrected chi connectivity index (χ1v) is 9.09. The molecule has 1 heterocycles. The molecule has 0 spiro atoms. The molecule has 2 N–H and O–H groups in total. The largest absolute Gasteiger partial charge is 0.385 e. The molecule has 0 aliphatic heterocycles. The molecular weight excluding hydrogens is 316 g/mol. The van der Waals surface area contributed by atoms with Crippen LogP contribution in [0.5, 0.6) is 0 Å². The van der Waals surface area contributed by atoms with Gasteiger partial charge in [-0.1, -0.05) is 6.92 Å². The quantitative estimate of drug-likeness (QED) is 0.357. The second-order valence-electron chi connectivity index (χ2n) is 6.74. The summed E-state index contributed by atoms with van der Waals surface area (Å²) < 4.78 is 7.16. The van der Waals surface area contributed by atoms with Gasteiger partial charge in [0.25, 0.3) is 0 Å². The Balaban J connectivity index is 2.24. The van der Waals surface area contributed by atoms with Crippen molar-refractivity contribution in [1.82, 2.24) is 25.3 Å². The number of nitrogens with one attached hydrogen (secondary N) is 2. The second kappa shape index (κ2) is 11.9. The van der Waals surface area contributed by atoms with Crippen LogP contribution in [0.15, 0.2) is 11.1 Å². The van der Waals surface area contributed by atoms with Crippen LogP contribution in [0.25, 0.3) is 0 Å². The average molecular weight is 353 g/mol. The summed E-state index contributed by atoms with van der Waals surface area (Å²) in [5, 5.41) is 11.3. The molecule has 7 heteroatoms. The van der Waals surface area contributed by atoms with Gasteiger partial charge in [0.05, 0.1) is 5.69 Å². The lowest BCUT2D eigenvalue weighted by Crippen LogP contribution is -2.43. The number of likely N-dealkylation sites (N-methyl/N-ethyl adjacent to an activating group) is 1. The van der Waals surface area contributed by atoms with E-state index in [4.69, 9.17) is 4.74 Å². The van der Waals surface area contributed by atoms with Gasteiger partial charge in [0, 0.05) is 59.2 Å². The molecule has 1 aromatic rings. The fourth-order valence-corrected chi connectivity index (χ4v) is 2.67. The van der Waals surface area contributed by atoms with Crippen LogP contribution in [0.1, 0.15) is 24.7 Å². The smallest absolute Gasteiger partial charge is 0.191 e. The highest BCUT2D eigenvalue weighted by Gasteiger charge is 2.08. The molecule has 144 valence electrons. The van der Waals surface area contributed by atoms with Crippen LogP contribution in [0.3, 0.4) is 0 Å². The highest BCUT2D eigenvalue weighted by atomic mass is 16.5. The molecule has 1 aromatic heterocycles. The summed E-state index contributed by atoms with van der Waals surface area (Å²) in [6.45, 7) is 11.8. The Labute approximate surface area is 152 Å². The molecule has 0 saturated heterocycles. The van der Waals surface area contributed by atoms with Crippen molar-refractivity contribution in [1.29, 1.82) is 0 Å². The standard InChI is InChI=1S/C18H36N6O/c1-15(14-24-17(3)12-16(2)22-24)13-21-18(19-4)20-8-10-23(5)9-7-11-25-6/h12,15H,7-11,13-14H2,1-6H3,(H2,19,20,21). The monoisotopic (exact) mass is 352 g/mol. The topological polar surface area (TPSA) is 66.7 Å². The first-order chi connectivity index (χ1) is 12.0. The number of methoxy groups -OCH3 is 1. The van der Waals surface area contributed by atoms with Crippen LogP contribution in [0.4, 0.5) is 0 Å². The normalized spacial score (nSPS) is 13.3. The minimum atomic E-state index is 0.466. The van der Waals surface area contributed by atoms with Crippen LogP contribution >= 0.6 is 0 Å². The summed E-state index contributed by atoms with van der Waals surface area (Å²) in [7, 11) is 5.68. The van der Waals surface area contributed by atoms with Crippen molar-refractivity contribution >= 4 is 5.96 Å². The Bertz CT molecular complexity index is 514. The number of ether oxygens (including phenoxy) is 1. The van der Waals surface area contributed by atoms with E-state index >= 15 is 0 Å². The van der Waals surface area contributed by atoms with E-state index < -0.39 is 0 Å². The van der Waals surface area contributed by atoms with Gasteiger partial charge in [-0.25, -0.2) is 0 Å². The minimum Gasteiger partial charge on any atom is -0.385 e.